The first-order valence-corrected chi connectivity index (χ1v) is 8.79. The molecule has 1 aliphatic heterocycles. The highest BCUT2D eigenvalue weighted by Gasteiger charge is 2.50. The summed E-state index contributed by atoms with van der Waals surface area (Å²) >= 11 is 0. The Bertz CT molecular complexity index is 990. The van der Waals surface area contributed by atoms with Crippen molar-refractivity contribution in [2.45, 2.75) is 12.6 Å². The van der Waals surface area contributed by atoms with E-state index in [1.54, 1.807) is 11.8 Å². The molecule has 1 aliphatic rings. The second-order valence-electron chi connectivity index (χ2n) is 6.45. The molecule has 6 heteroatoms. The van der Waals surface area contributed by atoms with Gasteiger partial charge in [0.15, 0.2) is 0 Å². The van der Waals surface area contributed by atoms with Crippen molar-refractivity contribution >= 4 is 23.4 Å². The molecule has 4 rings (SSSR count). The van der Waals surface area contributed by atoms with Gasteiger partial charge in [0.1, 0.15) is 11.5 Å². The van der Waals surface area contributed by atoms with E-state index < -0.39 is 17.7 Å². The van der Waals surface area contributed by atoms with Crippen molar-refractivity contribution in [2.24, 2.45) is 0 Å². The highest BCUT2D eigenvalue weighted by Crippen LogP contribution is 2.36. The van der Waals surface area contributed by atoms with Gasteiger partial charge in [0, 0.05) is 11.4 Å². The molecule has 0 aromatic heterocycles. The summed E-state index contributed by atoms with van der Waals surface area (Å²) in [5.74, 6) is 0.728. The Morgan fingerprint density at radius 2 is 1.32 bits per heavy atom. The molecule has 1 heterocycles. The van der Waals surface area contributed by atoms with Crippen LogP contribution in [-0.2, 0) is 9.53 Å². The van der Waals surface area contributed by atoms with Crippen LogP contribution < -0.4 is 15.0 Å². The Hall–Kier alpha value is -3.80. The summed E-state index contributed by atoms with van der Waals surface area (Å²) in [6, 6.07) is 26.1. The molecular formula is C22H18N2O4. The lowest BCUT2D eigenvalue weighted by Crippen LogP contribution is -2.56. The minimum Gasteiger partial charge on any atom is -0.457 e. The standard InChI is InChI=1S/C22H18N2O4/c1-22(20(25)28-21(26)23-22)24(16-8-4-2-5-9-16)17-12-14-19(15-13-17)27-18-10-6-3-7-11-18/h2-15H,1H3,(H,23,26). The van der Waals surface area contributed by atoms with Crippen LogP contribution in [0.2, 0.25) is 0 Å². The smallest absolute Gasteiger partial charge is 0.417 e. The van der Waals surface area contributed by atoms with E-state index in [0.29, 0.717) is 11.4 Å². The van der Waals surface area contributed by atoms with Crippen LogP contribution in [0.4, 0.5) is 16.2 Å². The van der Waals surface area contributed by atoms with Crippen LogP contribution in [0.25, 0.3) is 0 Å². The summed E-state index contributed by atoms with van der Waals surface area (Å²) in [4.78, 5) is 25.9. The van der Waals surface area contributed by atoms with Crippen molar-refractivity contribution in [1.82, 2.24) is 5.32 Å². The molecule has 0 spiro atoms. The number of hydrogen-bond acceptors (Lipinski definition) is 5. The predicted octanol–water partition coefficient (Wildman–Crippen LogP) is 4.60. The first-order chi connectivity index (χ1) is 13.6. The summed E-state index contributed by atoms with van der Waals surface area (Å²) in [7, 11) is 0. The van der Waals surface area contributed by atoms with Crippen LogP contribution in [0.5, 0.6) is 11.5 Å². The van der Waals surface area contributed by atoms with E-state index in [9.17, 15) is 9.59 Å². The summed E-state index contributed by atoms with van der Waals surface area (Å²) in [6.45, 7) is 1.61. The van der Waals surface area contributed by atoms with Gasteiger partial charge >= 0.3 is 12.1 Å². The Labute approximate surface area is 162 Å². The van der Waals surface area contributed by atoms with Gasteiger partial charge in [0.2, 0.25) is 5.66 Å². The molecule has 0 aliphatic carbocycles. The number of cyclic esters (lactones) is 2. The van der Waals surface area contributed by atoms with E-state index in [0.717, 1.165) is 11.4 Å². The Balaban J connectivity index is 1.69. The highest BCUT2D eigenvalue weighted by molar-refractivity contribution is 6.02. The number of amides is 1. The number of hydrogen-bond donors (Lipinski definition) is 1. The number of ether oxygens (including phenoxy) is 2. The van der Waals surface area contributed by atoms with Crippen LogP contribution in [0.15, 0.2) is 84.9 Å². The molecule has 1 amide bonds. The van der Waals surface area contributed by atoms with Crippen molar-refractivity contribution in [1.29, 1.82) is 0 Å². The molecular weight excluding hydrogens is 356 g/mol. The number of nitrogens with one attached hydrogen (secondary N) is 1. The molecule has 3 aromatic carbocycles. The summed E-state index contributed by atoms with van der Waals surface area (Å²) < 4.78 is 10.6. The number of nitrogens with zero attached hydrogens (tertiary/aromatic N) is 1. The van der Waals surface area contributed by atoms with Gasteiger partial charge in [0.25, 0.3) is 0 Å². The number of esters is 1. The Morgan fingerprint density at radius 1 is 0.786 bits per heavy atom. The van der Waals surface area contributed by atoms with Crippen molar-refractivity contribution < 1.29 is 19.1 Å². The summed E-state index contributed by atoms with van der Waals surface area (Å²) in [6.07, 6.45) is -0.766. The number of anilines is 2. The fraction of sp³-hybridized carbons (Fsp3) is 0.0909. The third-order valence-corrected chi connectivity index (χ3v) is 4.46. The zero-order chi connectivity index (χ0) is 19.6. The lowest BCUT2D eigenvalue weighted by molar-refractivity contribution is -0.138. The van der Waals surface area contributed by atoms with Gasteiger partial charge in [-0.3, -0.25) is 5.32 Å². The monoisotopic (exact) mass is 374 g/mol. The van der Waals surface area contributed by atoms with Gasteiger partial charge < -0.3 is 14.4 Å². The summed E-state index contributed by atoms with van der Waals surface area (Å²) in [5.41, 5.74) is 0.0781. The van der Waals surface area contributed by atoms with Crippen LogP contribution in [-0.4, -0.2) is 17.7 Å². The first kappa shape index (κ1) is 17.6. The quantitative estimate of drug-likeness (QED) is 0.522. The highest BCUT2D eigenvalue weighted by atomic mass is 16.6. The molecule has 0 saturated carbocycles. The third kappa shape index (κ3) is 3.27. The number of alkyl carbamates (subject to hydrolysis) is 1. The van der Waals surface area contributed by atoms with E-state index >= 15 is 0 Å². The minimum absolute atomic E-state index is 0.658. The fourth-order valence-corrected chi connectivity index (χ4v) is 3.14. The molecule has 1 unspecified atom stereocenters. The van der Waals surface area contributed by atoms with E-state index in [1.807, 2.05) is 84.9 Å². The lowest BCUT2D eigenvalue weighted by atomic mass is 10.1. The minimum atomic E-state index is -1.36. The molecule has 3 aromatic rings. The second kappa shape index (κ2) is 7.08. The molecule has 1 fully saturated rings. The van der Waals surface area contributed by atoms with Gasteiger partial charge in [-0.15, -0.1) is 0 Å². The van der Waals surface area contributed by atoms with E-state index in [1.165, 1.54) is 0 Å². The van der Waals surface area contributed by atoms with E-state index in [4.69, 9.17) is 9.47 Å². The largest absolute Gasteiger partial charge is 0.457 e. The number of carbonyl (C=O) groups is 2. The molecule has 0 bridgehead atoms. The van der Waals surface area contributed by atoms with Gasteiger partial charge in [0.05, 0.1) is 0 Å². The summed E-state index contributed by atoms with van der Waals surface area (Å²) in [5, 5.41) is 2.62. The number of para-hydroxylation sites is 2. The maximum absolute atomic E-state index is 12.4. The SMILES string of the molecule is CC1(N(c2ccccc2)c2ccc(Oc3ccccc3)cc2)NC(=O)OC1=O. The second-order valence-corrected chi connectivity index (χ2v) is 6.45. The molecule has 1 saturated heterocycles. The fourth-order valence-electron chi connectivity index (χ4n) is 3.14. The van der Waals surface area contributed by atoms with Gasteiger partial charge in [-0.1, -0.05) is 36.4 Å². The van der Waals surface area contributed by atoms with Crippen molar-refractivity contribution in [3.63, 3.8) is 0 Å². The van der Waals surface area contributed by atoms with Gasteiger partial charge in [-0.05, 0) is 55.5 Å². The lowest BCUT2D eigenvalue weighted by Gasteiger charge is -2.36. The zero-order valence-corrected chi connectivity index (χ0v) is 15.2. The third-order valence-electron chi connectivity index (χ3n) is 4.46. The predicted molar refractivity (Wildman–Crippen MR) is 105 cm³/mol. The zero-order valence-electron chi connectivity index (χ0n) is 15.2. The van der Waals surface area contributed by atoms with E-state index in [2.05, 4.69) is 5.32 Å². The van der Waals surface area contributed by atoms with Crippen LogP contribution in [0, 0.1) is 0 Å². The molecule has 0 radical (unpaired) electrons. The molecule has 6 nitrogen and oxygen atoms in total. The number of carbonyl (C=O) groups excluding carboxylic acids is 2. The average Bonchev–Trinajstić information content (AvgIpc) is 2.97. The van der Waals surface area contributed by atoms with Crippen molar-refractivity contribution in [3.05, 3.63) is 84.9 Å². The Morgan fingerprint density at radius 3 is 1.89 bits per heavy atom. The number of rotatable bonds is 5. The van der Waals surface area contributed by atoms with Crippen molar-refractivity contribution in [2.75, 3.05) is 4.90 Å². The van der Waals surface area contributed by atoms with Crippen LogP contribution in [0.1, 0.15) is 6.92 Å². The van der Waals surface area contributed by atoms with Gasteiger partial charge in [-0.2, -0.15) is 0 Å². The Kier molecular flexibility index (Phi) is 4.45. The molecule has 1 atom stereocenters. The normalized spacial score (nSPS) is 18.3. The van der Waals surface area contributed by atoms with E-state index in [-0.39, 0.29) is 0 Å². The maximum Gasteiger partial charge on any atom is 0.417 e. The van der Waals surface area contributed by atoms with Crippen LogP contribution >= 0.6 is 0 Å². The number of benzene rings is 3. The van der Waals surface area contributed by atoms with Crippen LogP contribution in [0.3, 0.4) is 0 Å². The first-order valence-electron chi connectivity index (χ1n) is 8.79. The maximum atomic E-state index is 12.4. The average molecular weight is 374 g/mol. The molecule has 28 heavy (non-hydrogen) atoms. The van der Waals surface area contributed by atoms with Gasteiger partial charge in [-0.25, -0.2) is 9.59 Å². The van der Waals surface area contributed by atoms with Crippen molar-refractivity contribution in [3.8, 4) is 11.5 Å². The topological polar surface area (TPSA) is 67.9 Å². The molecule has 140 valence electrons. The molecule has 1 N–H and O–H groups in total.